The van der Waals surface area contributed by atoms with Crippen molar-refractivity contribution in [2.45, 2.75) is 64.8 Å². The van der Waals surface area contributed by atoms with Crippen LogP contribution in [-0.4, -0.2) is 26.5 Å². The molecule has 160 valence electrons. The number of hydrogen-bond donors (Lipinski definition) is 1. The zero-order chi connectivity index (χ0) is 21.8. The third-order valence-corrected chi connectivity index (χ3v) is 6.54. The standard InChI is InChI=1S/C25H29N5O/c1-17-22(18(2)30-25(28-17)21(15-26)16-27-30)12-13-24(31)29-23(20-10-6-7-11-20)14-19-8-4-3-5-9-19/h3-5,8-9,16,20,23H,6-7,10-14H2,1-2H3,(H,29,31). The summed E-state index contributed by atoms with van der Waals surface area (Å²) in [4.78, 5) is 17.5. The number of carbonyl (C=O) groups is 1. The normalized spacial score (nSPS) is 15.1. The Kier molecular flexibility index (Phi) is 6.31. The third kappa shape index (κ3) is 4.61. The molecule has 1 fully saturated rings. The van der Waals surface area contributed by atoms with Crippen molar-refractivity contribution in [1.82, 2.24) is 19.9 Å². The summed E-state index contributed by atoms with van der Waals surface area (Å²) in [6.45, 7) is 3.91. The first-order valence-electron chi connectivity index (χ1n) is 11.1. The second-order valence-electron chi connectivity index (χ2n) is 8.57. The number of fused-ring (bicyclic) bond motifs is 1. The maximum atomic E-state index is 12.9. The maximum absolute atomic E-state index is 12.9. The van der Waals surface area contributed by atoms with E-state index >= 15 is 0 Å². The lowest BCUT2D eigenvalue weighted by Crippen LogP contribution is -2.41. The van der Waals surface area contributed by atoms with E-state index in [1.54, 1.807) is 10.7 Å². The van der Waals surface area contributed by atoms with Gasteiger partial charge in [0, 0.05) is 23.9 Å². The lowest BCUT2D eigenvalue weighted by Gasteiger charge is -2.25. The lowest BCUT2D eigenvalue weighted by atomic mass is 9.92. The molecule has 0 spiro atoms. The van der Waals surface area contributed by atoms with E-state index < -0.39 is 0 Å². The average Bonchev–Trinajstić information content (AvgIpc) is 3.44. The summed E-state index contributed by atoms with van der Waals surface area (Å²) < 4.78 is 1.70. The van der Waals surface area contributed by atoms with Crippen LogP contribution in [0.25, 0.3) is 5.65 Å². The summed E-state index contributed by atoms with van der Waals surface area (Å²) in [5, 5.41) is 16.9. The van der Waals surface area contributed by atoms with Gasteiger partial charge in [-0.2, -0.15) is 10.4 Å². The van der Waals surface area contributed by atoms with Gasteiger partial charge in [-0.15, -0.1) is 0 Å². The summed E-state index contributed by atoms with van der Waals surface area (Å²) in [5.74, 6) is 0.643. The predicted octanol–water partition coefficient (Wildman–Crippen LogP) is 4.07. The summed E-state index contributed by atoms with van der Waals surface area (Å²) in [6.07, 6.45) is 8.34. The molecule has 1 N–H and O–H groups in total. The number of aromatic nitrogens is 3. The molecule has 2 aromatic heterocycles. The van der Waals surface area contributed by atoms with Crippen molar-refractivity contribution >= 4 is 11.6 Å². The molecule has 0 bridgehead atoms. The van der Waals surface area contributed by atoms with Gasteiger partial charge in [0.25, 0.3) is 0 Å². The van der Waals surface area contributed by atoms with Crippen molar-refractivity contribution in [3.05, 3.63) is 64.6 Å². The lowest BCUT2D eigenvalue weighted by molar-refractivity contribution is -0.122. The van der Waals surface area contributed by atoms with Crippen molar-refractivity contribution in [3.8, 4) is 6.07 Å². The number of nitrogens with one attached hydrogen (secondary N) is 1. The first kappa shape index (κ1) is 21.0. The molecule has 1 amide bonds. The van der Waals surface area contributed by atoms with Crippen LogP contribution in [0.2, 0.25) is 0 Å². The van der Waals surface area contributed by atoms with E-state index in [2.05, 4.69) is 45.7 Å². The van der Waals surface area contributed by atoms with Crippen LogP contribution < -0.4 is 5.32 Å². The Hall–Kier alpha value is -3.20. The predicted molar refractivity (Wildman–Crippen MR) is 120 cm³/mol. The molecule has 3 aromatic rings. The number of carbonyl (C=O) groups excluding carboxylic acids is 1. The van der Waals surface area contributed by atoms with Gasteiger partial charge in [-0.05, 0) is 56.6 Å². The SMILES string of the molecule is Cc1nc2c(C#N)cnn2c(C)c1CCC(=O)NC(Cc1ccccc1)C1CCCC1. The summed E-state index contributed by atoms with van der Waals surface area (Å²) in [5.41, 5.74) is 5.13. The van der Waals surface area contributed by atoms with Gasteiger partial charge in [-0.1, -0.05) is 43.2 Å². The van der Waals surface area contributed by atoms with Crippen LogP contribution in [0, 0.1) is 31.1 Å². The Bertz CT molecular complexity index is 1110. The van der Waals surface area contributed by atoms with Crippen LogP contribution in [0.15, 0.2) is 36.5 Å². The van der Waals surface area contributed by atoms with Crippen molar-refractivity contribution in [1.29, 1.82) is 5.26 Å². The second kappa shape index (κ2) is 9.30. The van der Waals surface area contributed by atoms with E-state index in [0.717, 1.165) is 23.4 Å². The number of nitrogens with zero attached hydrogens (tertiary/aromatic N) is 4. The van der Waals surface area contributed by atoms with Crippen molar-refractivity contribution in [2.24, 2.45) is 5.92 Å². The van der Waals surface area contributed by atoms with Gasteiger partial charge in [0.15, 0.2) is 5.65 Å². The molecule has 6 heteroatoms. The Balaban J connectivity index is 1.45. The van der Waals surface area contributed by atoms with Gasteiger partial charge < -0.3 is 5.32 Å². The van der Waals surface area contributed by atoms with Gasteiger partial charge in [0.05, 0.1) is 6.20 Å². The molecule has 0 radical (unpaired) electrons. The van der Waals surface area contributed by atoms with E-state index in [-0.39, 0.29) is 11.9 Å². The first-order valence-corrected chi connectivity index (χ1v) is 11.1. The fraction of sp³-hybridized carbons (Fsp3) is 0.440. The van der Waals surface area contributed by atoms with Crippen LogP contribution in [-0.2, 0) is 17.6 Å². The van der Waals surface area contributed by atoms with Gasteiger partial charge in [0.2, 0.25) is 5.91 Å². The van der Waals surface area contributed by atoms with E-state index in [4.69, 9.17) is 0 Å². The van der Waals surface area contributed by atoms with E-state index in [0.29, 0.717) is 30.0 Å². The van der Waals surface area contributed by atoms with Crippen LogP contribution in [0.4, 0.5) is 0 Å². The summed E-state index contributed by atoms with van der Waals surface area (Å²) in [6, 6.07) is 12.7. The molecule has 1 aliphatic carbocycles. The molecule has 0 saturated heterocycles. The largest absolute Gasteiger partial charge is 0.353 e. The molecule has 1 unspecified atom stereocenters. The fourth-order valence-electron chi connectivity index (χ4n) is 4.83. The smallest absolute Gasteiger partial charge is 0.220 e. The zero-order valence-electron chi connectivity index (χ0n) is 18.3. The highest BCUT2D eigenvalue weighted by Gasteiger charge is 2.26. The number of hydrogen-bond acceptors (Lipinski definition) is 4. The van der Waals surface area contributed by atoms with Crippen molar-refractivity contribution in [3.63, 3.8) is 0 Å². The molecule has 1 aliphatic rings. The number of nitriles is 1. The average molecular weight is 416 g/mol. The second-order valence-corrected chi connectivity index (χ2v) is 8.57. The first-order chi connectivity index (χ1) is 15.1. The van der Waals surface area contributed by atoms with Crippen molar-refractivity contribution in [2.75, 3.05) is 0 Å². The maximum Gasteiger partial charge on any atom is 0.220 e. The number of benzene rings is 1. The molecular formula is C25H29N5O. The van der Waals surface area contributed by atoms with Crippen LogP contribution in [0.1, 0.15) is 60.2 Å². The fourth-order valence-corrected chi connectivity index (χ4v) is 4.83. The minimum absolute atomic E-state index is 0.0879. The molecule has 6 nitrogen and oxygen atoms in total. The van der Waals surface area contributed by atoms with Crippen LogP contribution >= 0.6 is 0 Å². The Morgan fingerprint density at radius 1 is 1.26 bits per heavy atom. The number of rotatable bonds is 7. The van der Waals surface area contributed by atoms with E-state index in [1.807, 2.05) is 19.9 Å². The Morgan fingerprint density at radius 2 is 2.00 bits per heavy atom. The monoisotopic (exact) mass is 415 g/mol. The Labute approximate surface area is 183 Å². The molecule has 0 aliphatic heterocycles. The molecule has 4 rings (SSSR count). The molecule has 1 aromatic carbocycles. The van der Waals surface area contributed by atoms with Gasteiger partial charge >= 0.3 is 0 Å². The number of aryl methyl sites for hydroxylation is 2. The van der Waals surface area contributed by atoms with E-state index in [9.17, 15) is 10.1 Å². The number of amides is 1. The highest BCUT2D eigenvalue weighted by Crippen LogP contribution is 2.29. The van der Waals surface area contributed by atoms with Crippen LogP contribution in [0.3, 0.4) is 0 Å². The van der Waals surface area contributed by atoms with Gasteiger partial charge in [0.1, 0.15) is 11.6 Å². The van der Waals surface area contributed by atoms with E-state index in [1.165, 1.54) is 31.2 Å². The highest BCUT2D eigenvalue weighted by molar-refractivity contribution is 5.76. The molecular weight excluding hydrogens is 386 g/mol. The van der Waals surface area contributed by atoms with Gasteiger partial charge in [-0.25, -0.2) is 9.50 Å². The summed E-state index contributed by atoms with van der Waals surface area (Å²) in [7, 11) is 0. The van der Waals surface area contributed by atoms with Crippen molar-refractivity contribution < 1.29 is 4.79 Å². The molecule has 31 heavy (non-hydrogen) atoms. The quantitative estimate of drug-likeness (QED) is 0.631. The van der Waals surface area contributed by atoms with Crippen LogP contribution in [0.5, 0.6) is 0 Å². The minimum atomic E-state index is 0.0879. The highest BCUT2D eigenvalue weighted by atomic mass is 16.1. The Morgan fingerprint density at radius 3 is 2.71 bits per heavy atom. The molecule has 1 atom stereocenters. The minimum Gasteiger partial charge on any atom is -0.353 e. The molecule has 2 heterocycles. The topological polar surface area (TPSA) is 83.1 Å². The summed E-state index contributed by atoms with van der Waals surface area (Å²) >= 11 is 0. The third-order valence-electron chi connectivity index (χ3n) is 6.54. The molecule has 1 saturated carbocycles. The van der Waals surface area contributed by atoms with Gasteiger partial charge in [-0.3, -0.25) is 4.79 Å². The zero-order valence-corrected chi connectivity index (χ0v) is 18.3.